The first-order valence-electron chi connectivity index (χ1n) is 6.44. The monoisotopic (exact) mass is 327 g/mol. The van der Waals surface area contributed by atoms with Gasteiger partial charge in [-0.05, 0) is 51.9 Å². The van der Waals surface area contributed by atoms with Gasteiger partial charge in [-0.1, -0.05) is 28.1 Å². The molecule has 0 saturated carbocycles. The highest BCUT2D eigenvalue weighted by atomic mass is 79.9. The molecule has 1 N–H and O–H groups in total. The molecule has 0 saturated heterocycles. The topological polar surface area (TPSA) is 38.3 Å². The van der Waals surface area contributed by atoms with Crippen LogP contribution in [0.3, 0.4) is 0 Å². The van der Waals surface area contributed by atoms with E-state index in [2.05, 4.69) is 21.2 Å². The zero-order chi connectivity index (χ0) is 14.5. The fraction of sp³-hybridized carbons (Fsp3) is 0.533. The second-order valence-corrected chi connectivity index (χ2v) is 6.53. The Bertz CT molecular complexity index is 409. The molecule has 0 aromatic heterocycles. The van der Waals surface area contributed by atoms with Gasteiger partial charge in [0.15, 0.2) is 0 Å². The van der Waals surface area contributed by atoms with Gasteiger partial charge in [-0.25, -0.2) is 0 Å². The number of carbonyl (C=O) groups is 1. The molecule has 1 aromatic rings. The smallest absolute Gasteiger partial charge is 0.311 e. The van der Waals surface area contributed by atoms with Crippen LogP contribution in [0.5, 0.6) is 0 Å². The summed E-state index contributed by atoms with van der Waals surface area (Å²) in [6.45, 7) is 6.29. The Morgan fingerprint density at radius 2 is 1.89 bits per heavy atom. The Balaban J connectivity index is 2.72. The maximum atomic E-state index is 12.1. The number of hydrogen-bond acceptors (Lipinski definition) is 3. The zero-order valence-electron chi connectivity index (χ0n) is 12.0. The van der Waals surface area contributed by atoms with Gasteiger partial charge in [0.2, 0.25) is 0 Å². The van der Waals surface area contributed by atoms with Crippen molar-refractivity contribution in [1.82, 2.24) is 5.32 Å². The molecule has 0 bridgehead atoms. The van der Waals surface area contributed by atoms with Crippen LogP contribution in [-0.4, -0.2) is 25.2 Å². The molecule has 0 heterocycles. The van der Waals surface area contributed by atoms with E-state index in [0.29, 0.717) is 13.0 Å². The van der Waals surface area contributed by atoms with E-state index in [0.717, 1.165) is 10.0 Å². The quantitative estimate of drug-likeness (QED) is 0.844. The minimum Gasteiger partial charge on any atom is -0.460 e. The summed E-state index contributed by atoms with van der Waals surface area (Å²) in [7, 11) is 1.85. The van der Waals surface area contributed by atoms with Gasteiger partial charge in [0.25, 0.3) is 0 Å². The van der Waals surface area contributed by atoms with Gasteiger partial charge in [0.05, 0.1) is 5.92 Å². The summed E-state index contributed by atoms with van der Waals surface area (Å²) in [6, 6.07) is 8.02. The van der Waals surface area contributed by atoms with E-state index < -0.39 is 5.60 Å². The molecule has 4 heteroatoms. The first-order chi connectivity index (χ1) is 8.81. The molecule has 0 fully saturated rings. The van der Waals surface area contributed by atoms with Gasteiger partial charge in [0, 0.05) is 11.0 Å². The predicted molar refractivity (Wildman–Crippen MR) is 81.1 cm³/mol. The fourth-order valence-electron chi connectivity index (χ4n) is 1.78. The van der Waals surface area contributed by atoms with Gasteiger partial charge in [0.1, 0.15) is 5.60 Å². The number of halogens is 1. The van der Waals surface area contributed by atoms with Crippen LogP contribution in [0.15, 0.2) is 28.7 Å². The lowest BCUT2D eigenvalue weighted by Crippen LogP contribution is -2.34. The molecule has 0 amide bonds. The van der Waals surface area contributed by atoms with Crippen molar-refractivity contribution in [3.05, 3.63) is 34.3 Å². The number of rotatable bonds is 5. The minimum absolute atomic E-state index is 0.148. The van der Waals surface area contributed by atoms with Gasteiger partial charge in [-0.2, -0.15) is 0 Å². The second-order valence-electron chi connectivity index (χ2n) is 5.62. The molecule has 1 rings (SSSR count). The molecule has 0 aliphatic heterocycles. The van der Waals surface area contributed by atoms with Crippen LogP contribution in [0.2, 0.25) is 0 Å². The Morgan fingerprint density at radius 3 is 2.37 bits per heavy atom. The Hall–Kier alpha value is -0.870. The van der Waals surface area contributed by atoms with Crippen LogP contribution in [-0.2, 0) is 16.0 Å². The molecule has 0 aliphatic rings. The summed E-state index contributed by atoms with van der Waals surface area (Å²) in [5.74, 6) is -0.310. The van der Waals surface area contributed by atoms with E-state index in [-0.39, 0.29) is 11.9 Å². The molecule has 19 heavy (non-hydrogen) atoms. The number of carbonyl (C=O) groups excluding carboxylic acids is 1. The summed E-state index contributed by atoms with van der Waals surface area (Å²) < 4.78 is 6.50. The number of esters is 1. The Labute approximate surface area is 123 Å². The molecular weight excluding hydrogens is 306 g/mol. The first-order valence-corrected chi connectivity index (χ1v) is 7.23. The van der Waals surface area contributed by atoms with Crippen LogP contribution in [0.25, 0.3) is 0 Å². The van der Waals surface area contributed by atoms with E-state index in [1.165, 1.54) is 0 Å². The van der Waals surface area contributed by atoms with Crippen LogP contribution in [0.4, 0.5) is 0 Å². The summed E-state index contributed by atoms with van der Waals surface area (Å²) in [5, 5.41) is 3.06. The summed E-state index contributed by atoms with van der Waals surface area (Å²) in [4.78, 5) is 12.1. The first kappa shape index (κ1) is 16.2. The third-order valence-corrected chi connectivity index (χ3v) is 3.11. The van der Waals surface area contributed by atoms with E-state index in [1.807, 2.05) is 52.1 Å². The predicted octanol–water partition coefficient (Wildman–Crippen LogP) is 3.17. The van der Waals surface area contributed by atoms with Crippen LogP contribution in [0, 0.1) is 5.92 Å². The lowest BCUT2D eigenvalue weighted by molar-refractivity contribution is -0.159. The van der Waals surface area contributed by atoms with Crippen molar-refractivity contribution in [3.8, 4) is 0 Å². The Kier molecular flexibility index (Phi) is 6.01. The highest BCUT2D eigenvalue weighted by Gasteiger charge is 2.24. The third-order valence-electron chi connectivity index (χ3n) is 2.59. The van der Waals surface area contributed by atoms with Crippen molar-refractivity contribution < 1.29 is 9.53 Å². The molecular formula is C15H22BrNO2. The lowest BCUT2D eigenvalue weighted by atomic mass is 9.99. The maximum Gasteiger partial charge on any atom is 0.311 e. The third kappa shape index (κ3) is 6.21. The van der Waals surface area contributed by atoms with Crippen molar-refractivity contribution in [2.24, 2.45) is 5.92 Å². The standard InChI is InChI=1S/C15H22BrNO2/c1-15(2,3)19-14(18)12(10-17-4)9-11-5-7-13(16)8-6-11/h5-8,12,17H,9-10H2,1-4H3/t12-/m1/s1. The summed E-state index contributed by atoms with van der Waals surface area (Å²) in [5.41, 5.74) is 0.692. The van der Waals surface area contributed by atoms with Crippen molar-refractivity contribution in [2.45, 2.75) is 32.8 Å². The van der Waals surface area contributed by atoms with Crippen molar-refractivity contribution >= 4 is 21.9 Å². The van der Waals surface area contributed by atoms with Gasteiger partial charge in [-0.3, -0.25) is 4.79 Å². The summed E-state index contributed by atoms with van der Waals surface area (Å²) in [6.07, 6.45) is 0.684. The maximum absolute atomic E-state index is 12.1. The summed E-state index contributed by atoms with van der Waals surface area (Å²) >= 11 is 3.41. The molecule has 0 radical (unpaired) electrons. The molecule has 1 aromatic carbocycles. The van der Waals surface area contributed by atoms with Crippen molar-refractivity contribution in [1.29, 1.82) is 0 Å². The number of ether oxygens (including phenoxy) is 1. The van der Waals surface area contributed by atoms with Gasteiger partial charge < -0.3 is 10.1 Å². The lowest BCUT2D eigenvalue weighted by Gasteiger charge is -2.24. The Morgan fingerprint density at radius 1 is 1.32 bits per heavy atom. The SMILES string of the molecule is CNC[C@@H](Cc1ccc(Br)cc1)C(=O)OC(C)(C)C. The number of hydrogen-bond donors (Lipinski definition) is 1. The highest BCUT2D eigenvalue weighted by molar-refractivity contribution is 9.10. The van der Waals surface area contributed by atoms with E-state index in [4.69, 9.17) is 4.74 Å². The minimum atomic E-state index is -0.442. The van der Waals surface area contributed by atoms with Crippen LogP contribution < -0.4 is 5.32 Å². The van der Waals surface area contributed by atoms with Crippen LogP contribution in [0.1, 0.15) is 26.3 Å². The highest BCUT2D eigenvalue weighted by Crippen LogP contribution is 2.17. The largest absolute Gasteiger partial charge is 0.460 e. The van der Waals surface area contributed by atoms with E-state index in [1.54, 1.807) is 0 Å². The van der Waals surface area contributed by atoms with Crippen molar-refractivity contribution in [2.75, 3.05) is 13.6 Å². The molecule has 0 unspecified atom stereocenters. The number of benzene rings is 1. The normalized spacial score (nSPS) is 13.1. The fourth-order valence-corrected chi connectivity index (χ4v) is 2.04. The van der Waals surface area contributed by atoms with Crippen molar-refractivity contribution in [3.63, 3.8) is 0 Å². The average molecular weight is 328 g/mol. The molecule has 1 atom stereocenters. The van der Waals surface area contributed by atoms with Gasteiger partial charge >= 0.3 is 5.97 Å². The van der Waals surface area contributed by atoms with Gasteiger partial charge in [-0.15, -0.1) is 0 Å². The van der Waals surface area contributed by atoms with E-state index >= 15 is 0 Å². The van der Waals surface area contributed by atoms with E-state index in [9.17, 15) is 4.79 Å². The molecule has 106 valence electrons. The molecule has 0 aliphatic carbocycles. The average Bonchev–Trinajstić information content (AvgIpc) is 2.29. The molecule has 3 nitrogen and oxygen atoms in total. The zero-order valence-corrected chi connectivity index (χ0v) is 13.6. The second kappa shape index (κ2) is 7.06. The van der Waals surface area contributed by atoms with Crippen LogP contribution >= 0.6 is 15.9 Å². The molecule has 0 spiro atoms. The number of nitrogens with one attached hydrogen (secondary N) is 1.